The third-order valence-corrected chi connectivity index (χ3v) is 7.66. The largest absolute Gasteiger partial charge is 0.489 e. The van der Waals surface area contributed by atoms with Crippen molar-refractivity contribution < 1.29 is 9.53 Å². The number of fused-ring (bicyclic) bond motifs is 5. The maximum absolute atomic E-state index is 12.5. The highest BCUT2D eigenvalue weighted by Crippen LogP contribution is 2.59. The van der Waals surface area contributed by atoms with Crippen molar-refractivity contribution >= 4 is 5.78 Å². The van der Waals surface area contributed by atoms with Gasteiger partial charge in [0.25, 0.3) is 0 Å². The van der Waals surface area contributed by atoms with Crippen LogP contribution in [0.15, 0.2) is 48.5 Å². The molecule has 0 spiro atoms. The minimum Gasteiger partial charge on any atom is -0.489 e. The molecule has 2 heteroatoms. The van der Waals surface area contributed by atoms with Crippen molar-refractivity contribution in [2.24, 2.45) is 17.3 Å². The molecule has 0 amide bonds. The number of benzene rings is 2. The van der Waals surface area contributed by atoms with E-state index in [1.807, 2.05) is 6.07 Å². The zero-order valence-electron chi connectivity index (χ0n) is 16.1. The van der Waals surface area contributed by atoms with Gasteiger partial charge in [-0.05, 0) is 78.7 Å². The minimum absolute atomic E-state index is 0.0304. The summed E-state index contributed by atoms with van der Waals surface area (Å²) in [6, 6.07) is 17.1. The molecule has 27 heavy (non-hydrogen) atoms. The van der Waals surface area contributed by atoms with Crippen molar-refractivity contribution in [3.63, 3.8) is 0 Å². The van der Waals surface area contributed by atoms with E-state index < -0.39 is 0 Å². The van der Waals surface area contributed by atoms with Crippen LogP contribution in [0.1, 0.15) is 61.6 Å². The molecule has 140 valence electrons. The minimum atomic E-state index is -0.0304. The van der Waals surface area contributed by atoms with Crippen LogP contribution in [0, 0.1) is 17.3 Å². The Balaban J connectivity index is 1.35. The number of ketones is 1. The highest BCUT2D eigenvalue weighted by molar-refractivity contribution is 5.87. The van der Waals surface area contributed by atoms with Crippen LogP contribution in [-0.4, -0.2) is 5.78 Å². The number of carbonyl (C=O) groups is 1. The van der Waals surface area contributed by atoms with Gasteiger partial charge in [0, 0.05) is 11.8 Å². The van der Waals surface area contributed by atoms with Crippen molar-refractivity contribution in [1.29, 1.82) is 0 Å². The van der Waals surface area contributed by atoms with Gasteiger partial charge in [-0.2, -0.15) is 0 Å². The number of carbonyl (C=O) groups excluding carboxylic acids is 1. The molecule has 2 saturated carbocycles. The lowest BCUT2D eigenvalue weighted by molar-refractivity contribution is -0.129. The molecule has 4 atom stereocenters. The SMILES string of the molecule is C[C@@]12CC[C@@H]3c4ccc(OCc5ccccc5)cc4CC[C@H]3[C@@H]1CCC2=O. The van der Waals surface area contributed by atoms with Gasteiger partial charge in [-0.25, -0.2) is 0 Å². The zero-order valence-corrected chi connectivity index (χ0v) is 16.1. The second-order valence-electron chi connectivity index (χ2n) is 8.97. The molecule has 0 aromatic heterocycles. The van der Waals surface area contributed by atoms with Crippen LogP contribution in [0.3, 0.4) is 0 Å². The Kier molecular flexibility index (Phi) is 4.11. The van der Waals surface area contributed by atoms with E-state index in [-0.39, 0.29) is 5.41 Å². The van der Waals surface area contributed by atoms with Gasteiger partial charge in [-0.3, -0.25) is 4.79 Å². The maximum atomic E-state index is 12.5. The van der Waals surface area contributed by atoms with Crippen molar-refractivity contribution in [2.45, 2.75) is 58.0 Å². The summed E-state index contributed by atoms with van der Waals surface area (Å²) in [4.78, 5) is 12.5. The Labute approximate surface area is 161 Å². The highest BCUT2D eigenvalue weighted by Gasteiger charge is 2.54. The van der Waals surface area contributed by atoms with Crippen LogP contribution in [-0.2, 0) is 17.8 Å². The molecular weight excluding hydrogens is 332 g/mol. The lowest BCUT2D eigenvalue weighted by atomic mass is 9.55. The zero-order chi connectivity index (χ0) is 18.4. The number of hydrogen-bond donors (Lipinski definition) is 0. The topological polar surface area (TPSA) is 26.3 Å². The molecule has 2 nitrogen and oxygen atoms in total. The fraction of sp³-hybridized carbons (Fsp3) is 0.480. The van der Waals surface area contributed by atoms with Crippen molar-refractivity contribution in [3.05, 3.63) is 65.2 Å². The van der Waals surface area contributed by atoms with E-state index in [4.69, 9.17) is 4.74 Å². The Morgan fingerprint density at radius 2 is 1.89 bits per heavy atom. The van der Waals surface area contributed by atoms with Gasteiger partial charge in [-0.15, -0.1) is 0 Å². The van der Waals surface area contributed by atoms with Gasteiger partial charge in [0.2, 0.25) is 0 Å². The molecule has 0 aliphatic heterocycles. The van der Waals surface area contributed by atoms with Crippen molar-refractivity contribution in [1.82, 2.24) is 0 Å². The summed E-state index contributed by atoms with van der Waals surface area (Å²) < 4.78 is 6.05. The first-order valence-electron chi connectivity index (χ1n) is 10.5. The molecular formula is C25H28O2. The van der Waals surface area contributed by atoms with Crippen molar-refractivity contribution in [2.75, 3.05) is 0 Å². The Hall–Kier alpha value is -2.09. The monoisotopic (exact) mass is 360 g/mol. The summed E-state index contributed by atoms with van der Waals surface area (Å²) in [6.07, 6.45) is 6.52. The molecule has 0 unspecified atom stereocenters. The molecule has 0 saturated heterocycles. The van der Waals surface area contributed by atoms with Crippen LogP contribution >= 0.6 is 0 Å². The summed E-state index contributed by atoms with van der Waals surface area (Å²) in [5, 5.41) is 0. The first kappa shape index (κ1) is 17.0. The predicted octanol–water partition coefficient (Wildman–Crippen LogP) is 5.69. The second-order valence-corrected chi connectivity index (χ2v) is 8.97. The number of rotatable bonds is 3. The van der Waals surface area contributed by atoms with Crippen LogP contribution in [0.2, 0.25) is 0 Å². The van der Waals surface area contributed by atoms with Gasteiger partial charge < -0.3 is 4.74 Å². The van der Waals surface area contributed by atoms with Crippen LogP contribution in [0.25, 0.3) is 0 Å². The van der Waals surface area contributed by atoms with Gasteiger partial charge >= 0.3 is 0 Å². The summed E-state index contributed by atoms with van der Waals surface area (Å²) in [7, 11) is 0. The molecule has 0 bridgehead atoms. The van der Waals surface area contributed by atoms with Gasteiger partial charge in [0.15, 0.2) is 0 Å². The number of aryl methyl sites for hydroxylation is 1. The lowest BCUT2D eigenvalue weighted by Gasteiger charge is -2.48. The average Bonchev–Trinajstić information content (AvgIpc) is 3.01. The first-order valence-corrected chi connectivity index (χ1v) is 10.5. The molecule has 3 aliphatic carbocycles. The number of ether oxygens (including phenoxy) is 1. The van der Waals surface area contributed by atoms with Gasteiger partial charge in [0.1, 0.15) is 18.1 Å². The normalized spacial score (nSPS) is 31.7. The molecule has 0 heterocycles. The Morgan fingerprint density at radius 3 is 2.74 bits per heavy atom. The molecule has 0 N–H and O–H groups in total. The Morgan fingerprint density at radius 1 is 1.04 bits per heavy atom. The predicted molar refractivity (Wildman–Crippen MR) is 107 cm³/mol. The number of Topliss-reactive ketones (excluding diaryl/α,β-unsaturated/α-hetero) is 1. The fourth-order valence-electron chi connectivity index (χ4n) is 6.16. The number of hydrogen-bond acceptors (Lipinski definition) is 2. The lowest BCUT2D eigenvalue weighted by Crippen LogP contribution is -2.42. The van der Waals surface area contributed by atoms with E-state index in [1.54, 1.807) is 0 Å². The smallest absolute Gasteiger partial charge is 0.139 e. The molecule has 2 aromatic rings. The average molecular weight is 360 g/mol. The van der Waals surface area contributed by atoms with E-state index in [2.05, 4.69) is 49.4 Å². The van der Waals surface area contributed by atoms with Crippen LogP contribution in [0.5, 0.6) is 5.75 Å². The first-order chi connectivity index (χ1) is 13.1. The van der Waals surface area contributed by atoms with E-state index in [0.29, 0.717) is 30.1 Å². The summed E-state index contributed by atoms with van der Waals surface area (Å²) in [5.41, 5.74) is 4.17. The molecule has 2 aromatic carbocycles. The summed E-state index contributed by atoms with van der Waals surface area (Å²) in [5.74, 6) is 3.44. The summed E-state index contributed by atoms with van der Waals surface area (Å²) in [6.45, 7) is 2.87. The Bertz CT molecular complexity index is 856. The fourth-order valence-corrected chi connectivity index (χ4v) is 6.16. The van der Waals surface area contributed by atoms with E-state index in [9.17, 15) is 4.79 Å². The quantitative estimate of drug-likeness (QED) is 0.703. The standard InChI is InChI=1S/C25H28O2/c1-25-14-13-21-20-10-8-19(27-16-17-5-3-2-4-6-17)15-18(20)7-9-22(21)23(25)11-12-24(25)26/h2-6,8,10,15,21-23H,7,9,11-14,16H2,1H3/t21-,22-,23+,25-/m1/s1. The van der Waals surface area contributed by atoms with E-state index >= 15 is 0 Å². The van der Waals surface area contributed by atoms with Crippen molar-refractivity contribution in [3.8, 4) is 5.75 Å². The third kappa shape index (κ3) is 2.81. The molecule has 3 aliphatic rings. The second kappa shape index (κ2) is 6.51. The molecule has 5 rings (SSSR count). The molecule has 0 radical (unpaired) electrons. The highest BCUT2D eigenvalue weighted by atomic mass is 16.5. The molecule has 2 fully saturated rings. The maximum Gasteiger partial charge on any atom is 0.139 e. The van der Waals surface area contributed by atoms with E-state index in [0.717, 1.165) is 31.4 Å². The third-order valence-electron chi connectivity index (χ3n) is 7.66. The van der Waals surface area contributed by atoms with Gasteiger partial charge in [-0.1, -0.05) is 43.3 Å². The van der Waals surface area contributed by atoms with Gasteiger partial charge in [0.05, 0.1) is 0 Å². The van der Waals surface area contributed by atoms with Crippen LogP contribution in [0.4, 0.5) is 0 Å². The van der Waals surface area contributed by atoms with E-state index in [1.165, 1.54) is 29.5 Å². The summed E-state index contributed by atoms with van der Waals surface area (Å²) >= 11 is 0. The van der Waals surface area contributed by atoms with Crippen LogP contribution < -0.4 is 4.74 Å².